The van der Waals surface area contributed by atoms with E-state index < -0.39 is 11.5 Å². The third-order valence-corrected chi connectivity index (χ3v) is 7.35. The van der Waals surface area contributed by atoms with Crippen LogP contribution < -0.4 is 0 Å². The van der Waals surface area contributed by atoms with E-state index in [1.807, 2.05) is 41.8 Å². The minimum Gasteiger partial charge on any atom is -0.378 e. The van der Waals surface area contributed by atoms with Gasteiger partial charge in [-0.05, 0) is 43.2 Å². The largest absolute Gasteiger partial charge is 0.378 e. The molecule has 2 aromatic carbocycles. The molecule has 3 aliphatic heterocycles. The Morgan fingerprint density at radius 3 is 2.46 bits per heavy atom. The Morgan fingerprint density at radius 1 is 1.06 bits per heavy atom. The summed E-state index contributed by atoms with van der Waals surface area (Å²) in [4.78, 5) is 46.1. The van der Waals surface area contributed by atoms with Crippen LogP contribution in [0.3, 0.4) is 0 Å². The van der Waals surface area contributed by atoms with Crippen molar-refractivity contribution in [3.63, 3.8) is 0 Å². The summed E-state index contributed by atoms with van der Waals surface area (Å²) in [6.07, 6.45) is 0.0716. The number of fused-ring (bicyclic) bond motifs is 1. The molecule has 3 aliphatic rings. The monoisotopic (exact) mass is 479 g/mol. The third-order valence-electron chi connectivity index (χ3n) is 7.35. The van der Waals surface area contributed by atoms with Crippen molar-refractivity contribution in [1.82, 2.24) is 14.7 Å². The summed E-state index contributed by atoms with van der Waals surface area (Å²) in [5.41, 5.74) is 1.04. The van der Waals surface area contributed by atoms with Gasteiger partial charge in [-0.3, -0.25) is 14.4 Å². The molecular formula is C27H30FN3O4. The van der Waals surface area contributed by atoms with Crippen molar-refractivity contribution < 1.29 is 23.5 Å². The van der Waals surface area contributed by atoms with Gasteiger partial charge in [-0.1, -0.05) is 30.3 Å². The maximum absolute atomic E-state index is 14.0. The van der Waals surface area contributed by atoms with Crippen LogP contribution in [0.2, 0.25) is 0 Å². The molecule has 1 spiro atoms. The minimum absolute atomic E-state index is 0.0314. The summed E-state index contributed by atoms with van der Waals surface area (Å²) in [6, 6.07) is 13.2. The van der Waals surface area contributed by atoms with Crippen LogP contribution in [0, 0.1) is 5.82 Å². The first-order chi connectivity index (χ1) is 16.8. The van der Waals surface area contributed by atoms with Crippen LogP contribution in [0.15, 0.2) is 48.5 Å². The molecule has 184 valence electrons. The maximum atomic E-state index is 14.0. The summed E-state index contributed by atoms with van der Waals surface area (Å²) in [6.45, 7) is 6.40. The molecule has 0 N–H and O–H groups in total. The van der Waals surface area contributed by atoms with Gasteiger partial charge >= 0.3 is 0 Å². The predicted octanol–water partition coefficient (Wildman–Crippen LogP) is 2.46. The number of likely N-dealkylation sites (tertiary alicyclic amines) is 1. The van der Waals surface area contributed by atoms with Gasteiger partial charge in [0, 0.05) is 37.8 Å². The van der Waals surface area contributed by atoms with Crippen LogP contribution in [0.1, 0.15) is 41.3 Å². The van der Waals surface area contributed by atoms with Gasteiger partial charge in [-0.2, -0.15) is 0 Å². The third kappa shape index (κ3) is 3.99. The first-order valence-corrected chi connectivity index (χ1v) is 12.1. The summed E-state index contributed by atoms with van der Waals surface area (Å²) in [7, 11) is 0. The number of benzene rings is 2. The van der Waals surface area contributed by atoms with Crippen LogP contribution in [-0.4, -0.2) is 83.4 Å². The summed E-state index contributed by atoms with van der Waals surface area (Å²) in [5, 5.41) is 0. The van der Waals surface area contributed by atoms with Gasteiger partial charge in [0.25, 0.3) is 5.91 Å². The summed E-state index contributed by atoms with van der Waals surface area (Å²) >= 11 is 0. The molecule has 0 saturated carbocycles. The lowest BCUT2D eigenvalue weighted by Crippen LogP contribution is -2.78. The number of halogens is 1. The number of nitrogens with zero attached hydrogens (tertiary/aromatic N) is 3. The zero-order valence-electron chi connectivity index (χ0n) is 20.1. The fraction of sp³-hybridized carbons (Fsp3) is 0.444. The number of carbonyl (C=O) groups is 3. The first-order valence-electron chi connectivity index (χ1n) is 12.1. The van der Waals surface area contributed by atoms with E-state index in [1.54, 1.807) is 23.1 Å². The van der Waals surface area contributed by atoms with Crippen molar-refractivity contribution >= 4 is 17.7 Å². The zero-order chi connectivity index (χ0) is 24.7. The molecule has 0 aliphatic carbocycles. The van der Waals surface area contributed by atoms with Crippen LogP contribution in [-0.2, 0) is 20.7 Å². The molecule has 8 heteroatoms. The van der Waals surface area contributed by atoms with Crippen LogP contribution >= 0.6 is 0 Å². The van der Waals surface area contributed by atoms with Crippen LogP contribution in [0.5, 0.6) is 0 Å². The van der Waals surface area contributed by atoms with E-state index in [0.717, 1.165) is 5.56 Å². The SMILES string of the molecule is CC(C)N1C(=O)c2ccccc2C(C(=O)N2CCOCC2)C12CN(C(=O)Cc1cccc(F)c1)C2. The highest BCUT2D eigenvalue weighted by Gasteiger charge is 2.62. The number of hydrogen-bond donors (Lipinski definition) is 0. The molecule has 0 bridgehead atoms. The lowest BCUT2D eigenvalue weighted by molar-refractivity contribution is -0.158. The van der Waals surface area contributed by atoms with Crippen molar-refractivity contribution in [2.24, 2.45) is 0 Å². The van der Waals surface area contributed by atoms with E-state index in [4.69, 9.17) is 4.74 Å². The van der Waals surface area contributed by atoms with Crippen molar-refractivity contribution in [3.8, 4) is 0 Å². The molecule has 3 amide bonds. The number of amides is 3. The Bertz CT molecular complexity index is 1150. The Balaban J connectivity index is 1.49. The summed E-state index contributed by atoms with van der Waals surface area (Å²) in [5.74, 6) is -1.24. The van der Waals surface area contributed by atoms with Gasteiger partial charge in [0.2, 0.25) is 11.8 Å². The Labute approximate surface area is 204 Å². The summed E-state index contributed by atoms with van der Waals surface area (Å²) < 4.78 is 19.1. The topological polar surface area (TPSA) is 70.2 Å². The molecule has 0 aromatic heterocycles. The quantitative estimate of drug-likeness (QED) is 0.676. The molecule has 7 nitrogen and oxygen atoms in total. The number of rotatable bonds is 4. The van der Waals surface area contributed by atoms with Gasteiger partial charge in [0.1, 0.15) is 5.82 Å². The van der Waals surface area contributed by atoms with E-state index in [1.165, 1.54) is 12.1 Å². The molecule has 3 heterocycles. The van der Waals surface area contributed by atoms with Crippen LogP contribution in [0.25, 0.3) is 0 Å². The molecule has 0 radical (unpaired) electrons. The zero-order valence-corrected chi connectivity index (χ0v) is 20.1. The number of ether oxygens (including phenoxy) is 1. The van der Waals surface area contributed by atoms with Crippen molar-refractivity contribution in [1.29, 1.82) is 0 Å². The maximum Gasteiger partial charge on any atom is 0.255 e. The first kappa shape index (κ1) is 23.5. The Kier molecular flexibility index (Phi) is 6.09. The fourth-order valence-electron chi connectivity index (χ4n) is 5.84. The van der Waals surface area contributed by atoms with E-state index in [2.05, 4.69) is 0 Å². The average Bonchev–Trinajstić information content (AvgIpc) is 2.82. The van der Waals surface area contributed by atoms with E-state index >= 15 is 0 Å². The van der Waals surface area contributed by atoms with Crippen LogP contribution in [0.4, 0.5) is 4.39 Å². The minimum atomic E-state index is -0.827. The van der Waals surface area contributed by atoms with Crippen molar-refractivity contribution in [3.05, 3.63) is 71.0 Å². The van der Waals surface area contributed by atoms with E-state index in [9.17, 15) is 18.8 Å². The number of carbonyl (C=O) groups excluding carboxylic acids is 3. The van der Waals surface area contributed by atoms with Crippen molar-refractivity contribution in [2.45, 2.75) is 37.8 Å². The predicted molar refractivity (Wildman–Crippen MR) is 127 cm³/mol. The second kappa shape index (κ2) is 9.07. The molecule has 2 saturated heterocycles. The number of hydrogen-bond acceptors (Lipinski definition) is 4. The van der Waals surface area contributed by atoms with E-state index in [0.29, 0.717) is 37.4 Å². The second-order valence-corrected chi connectivity index (χ2v) is 9.89. The van der Waals surface area contributed by atoms with Gasteiger partial charge < -0.3 is 19.4 Å². The standard InChI is InChI=1S/C27H30FN3O4/c1-18(2)31-25(33)22-9-4-3-8-21(22)24(26(34)29-10-12-35-13-11-29)27(31)16-30(17-27)23(32)15-19-6-5-7-20(28)14-19/h3-9,14,18,24H,10-13,15-17H2,1-2H3. The fourth-order valence-corrected chi connectivity index (χ4v) is 5.84. The molecule has 2 fully saturated rings. The number of morpholine rings is 1. The van der Waals surface area contributed by atoms with Gasteiger partial charge in [-0.25, -0.2) is 4.39 Å². The van der Waals surface area contributed by atoms with Gasteiger partial charge in [0.15, 0.2) is 0 Å². The second-order valence-electron chi connectivity index (χ2n) is 9.89. The van der Waals surface area contributed by atoms with Gasteiger partial charge in [0.05, 0.1) is 31.1 Å². The Hall–Kier alpha value is -3.26. The van der Waals surface area contributed by atoms with Gasteiger partial charge in [-0.15, -0.1) is 0 Å². The molecule has 1 unspecified atom stereocenters. The highest BCUT2D eigenvalue weighted by atomic mass is 19.1. The highest BCUT2D eigenvalue weighted by Crippen LogP contribution is 2.48. The molecule has 5 rings (SSSR count). The highest BCUT2D eigenvalue weighted by molar-refractivity contribution is 6.03. The van der Waals surface area contributed by atoms with E-state index in [-0.39, 0.29) is 49.1 Å². The average molecular weight is 480 g/mol. The lowest BCUT2D eigenvalue weighted by atomic mass is 9.67. The molecule has 2 aromatic rings. The smallest absolute Gasteiger partial charge is 0.255 e. The molecular weight excluding hydrogens is 449 g/mol. The van der Waals surface area contributed by atoms with Crippen molar-refractivity contribution in [2.75, 3.05) is 39.4 Å². The normalized spacial score (nSPS) is 21.2. The molecule has 1 atom stereocenters. The lowest BCUT2D eigenvalue weighted by Gasteiger charge is -2.62. The molecule has 35 heavy (non-hydrogen) atoms. The Morgan fingerprint density at radius 2 is 1.77 bits per heavy atom.